The highest BCUT2D eigenvalue weighted by Crippen LogP contribution is 2.29. The van der Waals surface area contributed by atoms with Crippen LogP contribution < -0.4 is 0 Å². The maximum Gasteiger partial charge on any atom is 0.130 e. The Morgan fingerprint density at radius 2 is 1.94 bits per heavy atom. The Balaban J connectivity index is 2.44. The van der Waals surface area contributed by atoms with Gasteiger partial charge in [-0.05, 0) is 18.6 Å². The second-order valence-corrected chi connectivity index (χ2v) is 4.76. The zero-order valence-corrected chi connectivity index (χ0v) is 11.0. The number of aliphatic hydroxyl groups is 1. The number of aliphatic hydroxyl groups excluding tert-OH is 1. The lowest BCUT2D eigenvalue weighted by molar-refractivity contribution is 0.159. The summed E-state index contributed by atoms with van der Waals surface area (Å²) in [6.07, 6.45) is 5.37. The third-order valence-corrected chi connectivity index (χ3v) is 3.24. The topological polar surface area (TPSA) is 20.2 Å². The van der Waals surface area contributed by atoms with E-state index in [1.807, 2.05) is 0 Å². The molecule has 0 amide bonds. The quantitative estimate of drug-likeness (QED) is 0.692. The molecule has 1 rings (SSSR count). The third kappa shape index (κ3) is 4.64. The Bertz CT molecular complexity index is 321. The highest BCUT2D eigenvalue weighted by atomic mass is 35.5. The summed E-state index contributed by atoms with van der Waals surface area (Å²) in [5.41, 5.74) is 0.240. The van der Waals surface area contributed by atoms with E-state index in [0.29, 0.717) is 11.4 Å². The van der Waals surface area contributed by atoms with Crippen molar-refractivity contribution in [1.29, 1.82) is 0 Å². The molecule has 1 atom stereocenters. The van der Waals surface area contributed by atoms with Crippen molar-refractivity contribution in [3.8, 4) is 0 Å². The molecule has 1 N–H and O–H groups in total. The monoisotopic (exact) mass is 258 g/mol. The van der Waals surface area contributed by atoms with Gasteiger partial charge in [-0.25, -0.2) is 4.39 Å². The van der Waals surface area contributed by atoms with Gasteiger partial charge in [0, 0.05) is 10.6 Å². The lowest BCUT2D eigenvalue weighted by Gasteiger charge is -2.13. The van der Waals surface area contributed by atoms with E-state index in [9.17, 15) is 9.50 Å². The number of hydrogen-bond acceptors (Lipinski definition) is 1. The summed E-state index contributed by atoms with van der Waals surface area (Å²) in [5.74, 6) is -0.418. The minimum absolute atomic E-state index is 0.240. The Kier molecular flexibility index (Phi) is 6.53. The van der Waals surface area contributed by atoms with Gasteiger partial charge in [0.15, 0.2) is 0 Å². The Labute approximate surface area is 108 Å². The Morgan fingerprint density at radius 1 is 1.24 bits per heavy atom. The molecule has 0 aliphatic heterocycles. The molecule has 0 aliphatic carbocycles. The van der Waals surface area contributed by atoms with Gasteiger partial charge >= 0.3 is 0 Å². The summed E-state index contributed by atoms with van der Waals surface area (Å²) in [6.45, 7) is 2.16. The lowest BCUT2D eigenvalue weighted by atomic mass is 10.0. The Hall–Kier alpha value is -0.600. The fraction of sp³-hybridized carbons (Fsp3) is 0.571. The number of unbranched alkanes of at least 4 members (excludes halogenated alkanes) is 4. The first kappa shape index (κ1) is 14.5. The summed E-state index contributed by atoms with van der Waals surface area (Å²) in [4.78, 5) is 0. The van der Waals surface area contributed by atoms with Crippen LogP contribution in [0.15, 0.2) is 18.2 Å². The molecule has 1 aromatic rings. The number of rotatable bonds is 7. The van der Waals surface area contributed by atoms with E-state index in [-0.39, 0.29) is 5.56 Å². The van der Waals surface area contributed by atoms with Crippen molar-refractivity contribution >= 4 is 11.6 Å². The second kappa shape index (κ2) is 7.67. The second-order valence-electron chi connectivity index (χ2n) is 4.35. The molecule has 0 spiro atoms. The maximum atomic E-state index is 13.5. The fourth-order valence-electron chi connectivity index (χ4n) is 1.91. The van der Waals surface area contributed by atoms with Crippen LogP contribution in [-0.2, 0) is 0 Å². The van der Waals surface area contributed by atoms with Crippen molar-refractivity contribution in [3.05, 3.63) is 34.6 Å². The van der Waals surface area contributed by atoms with E-state index >= 15 is 0 Å². The van der Waals surface area contributed by atoms with E-state index < -0.39 is 11.9 Å². The Morgan fingerprint density at radius 3 is 2.59 bits per heavy atom. The van der Waals surface area contributed by atoms with Crippen molar-refractivity contribution in [2.75, 3.05) is 0 Å². The van der Waals surface area contributed by atoms with Gasteiger partial charge in [-0.2, -0.15) is 0 Å². The van der Waals surface area contributed by atoms with Crippen LogP contribution in [0, 0.1) is 5.82 Å². The minimum Gasteiger partial charge on any atom is -0.388 e. The van der Waals surface area contributed by atoms with Crippen molar-refractivity contribution in [2.45, 2.75) is 51.6 Å². The highest BCUT2D eigenvalue weighted by Gasteiger charge is 2.15. The molecule has 0 aliphatic rings. The molecule has 0 aromatic heterocycles. The average molecular weight is 259 g/mol. The van der Waals surface area contributed by atoms with E-state index in [1.54, 1.807) is 12.1 Å². The summed E-state index contributed by atoms with van der Waals surface area (Å²) in [5, 5.41) is 10.2. The normalized spacial score (nSPS) is 12.7. The number of halogens is 2. The summed E-state index contributed by atoms with van der Waals surface area (Å²) < 4.78 is 13.5. The molecule has 17 heavy (non-hydrogen) atoms. The predicted octanol–water partition coefficient (Wildman–Crippen LogP) is 4.87. The van der Waals surface area contributed by atoms with Gasteiger partial charge < -0.3 is 5.11 Å². The zero-order chi connectivity index (χ0) is 12.7. The van der Waals surface area contributed by atoms with Crippen molar-refractivity contribution in [3.63, 3.8) is 0 Å². The van der Waals surface area contributed by atoms with Crippen LogP contribution in [0.25, 0.3) is 0 Å². The standard InChI is InChI=1S/C14H20ClFO/c1-2-3-4-5-6-10-13(17)14-11(15)8-7-9-12(14)16/h7-9,13,17H,2-6,10H2,1H3. The summed E-state index contributed by atoms with van der Waals surface area (Å²) >= 11 is 5.89. The van der Waals surface area contributed by atoms with E-state index in [2.05, 4.69) is 6.92 Å². The first-order valence-electron chi connectivity index (χ1n) is 6.28. The molecule has 1 unspecified atom stereocenters. The molecule has 0 saturated carbocycles. The van der Waals surface area contributed by atoms with E-state index in [0.717, 1.165) is 12.8 Å². The smallest absolute Gasteiger partial charge is 0.130 e. The molecule has 3 heteroatoms. The van der Waals surface area contributed by atoms with Crippen LogP contribution in [0.4, 0.5) is 4.39 Å². The first-order chi connectivity index (χ1) is 8.16. The molecule has 1 nitrogen and oxygen atoms in total. The number of hydrogen-bond donors (Lipinski definition) is 1. The van der Waals surface area contributed by atoms with Gasteiger partial charge in [0.05, 0.1) is 6.10 Å². The van der Waals surface area contributed by atoms with Gasteiger partial charge in [0.2, 0.25) is 0 Å². The van der Waals surface area contributed by atoms with Crippen LogP contribution in [0.1, 0.15) is 57.1 Å². The molecule has 1 aromatic carbocycles. The van der Waals surface area contributed by atoms with E-state index in [1.165, 1.54) is 25.3 Å². The summed E-state index contributed by atoms with van der Waals surface area (Å²) in [6, 6.07) is 4.50. The van der Waals surface area contributed by atoms with Gasteiger partial charge in [-0.15, -0.1) is 0 Å². The van der Waals surface area contributed by atoms with Crippen LogP contribution in [0.3, 0.4) is 0 Å². The van der Waals surface area contributed by atoms with Gasteiger partial charge in [-0.1, -0.05) is 56.7 Å². The molecule has 0 radical (unpaired) electrons. The molecule has 0 bridgehead atoms. The van der Waals surface area contributed by atoms with Crippen LogP contribution in [0.2, 0.25) is 5.02 Å². The lowest BCUT2D eigenvalue weighted by Crippen LogP contribution is -2.01. The van der Waals surface area contributed by atoms with Crippen molar-refractivity contribution in [1.82, 2.24) is 0 Å². The van der Waals surface area contributed by atoms with Crippen LogP contribution in [0.5, 0.6) is 0 Å². The molecule has 0 saturated heterocycles. The fourth-order valence-corrected chi connectivity index (χ4v) is 2.20. The molecule has 0 fully saturated rings. The minimum atomic E-state index is -0.787. The van der Waals surface area contributed by atoms with Gasteiger partial charge in [-0.3, -0.25) is 0 Å². The first-order valence-corrected chi connectivity index (χ1v) is 6.66. The zero-order valence-electron chi connectivity index (χ0n) is 10.3. The molecular weight excluding hydrogens is 239 g/mol. The van der Waals surface area contributed by atoms with Gasteiger partial charge in [0.25, 0.3) is 0 Å². The summed E-state index contributed by atoms with van der Waals surface area (Å²) in [7, 11) is 0. The molecule has 0 heterocycles. The third-order valence-electron chi connectivity index (χ3n) is 2.91. The molecular formula is C14H20ClFO. The average Bonchev–Trinajstić information content (AvgIpc) is 2.28. The van der Waals surface area contributed by atoms with Crippen molar-refractivity contribution in [2.24, 2.45) is 0 Å². The maximum absolute atomic E-state index is 13.5. The largest absolute Gasteiger partial charge is 0.388 e. The van der Waals surface area contributed by atoms with Crippen molar-refractivity contribution < 1.29 is 9.50 Å². The number of benzene rings is 1. The SMILES string of the molecule is CCCCCCCC(O)c1c(F)cccc1Cl. The van der Waals surface area contributed by atoms with Crippen LogP contribution >= 0.6 is 11.6 Å². The molecule has 96 valence electrons. The van der Waals surface area contributed by atoms with Gasteiger partial charge in [0.1, 0.15) is 5.82 Å². The van der Waals surface area contributed by atoms with E-state index in [4.69, 9.17) is 11.6 Å². The van der Waals surface area contributed by atoms with Crippen LogP contribution in [-0.4, -0.2) is 5.11 Å². The predicted molar refractivity (Wildman–Crippen MR) is 69.7 cm³/mol. The highest BCUT2D eigenvalue weighted by molar-refractivity contribution is 6.31.